The Balaban J connectivity index is 2.04. The Morgan fingerprint density at radius 1 is 1.50 bits per heavy atom. The van der Waals surface area contributed by atoms with E-state index in [2.05, 4.69) is 5.16 Å². The second-order valence-electron chi connectivity index (χ2n) is 4.28. The highest BCUT2D eigenvalue weighted by Crippen LogP contribution is 2.28. The number of hydrogen-bond donors (Lipinski definition) is 2. The van der Waals surface area contributed by atoms with E-state index in [4.69, 9.17) is 10.9 Å². The molecule has 5 nitrogen and oxygen atoms in total. The minimum Gasteiger partial charge on any atom is -0.409 e. The van der Waals surface area contributed by atoms with Gasteiger partial charge in [0.25, 0.3) is 0 Å². The van der Waals surface area contributed by atoms with Crippen LogP contribution < -0.4 is 5.73 Å². The smallest absolute Gasteiger partial charge is 0.227 e. The van der Waals surface area contributed by atoms with E-state index >= 15 is 0 Å². The molecule has 3 N–H and O–H groups in total. The highest BCUT2D eigenvalue weighted by atomic mass is 32.2. The van der Waals surface area contributed by atoms with E-state index in [-0.39, 0.29) is 23.7 Å². The number of thioether (sulfide) groups is 1. The first-order chi connectivity index (χ1) is 7.74. The molecule has 2 atom stereocenters. The predicted molar refractivity (Wildman–Crippen MR) is 63.6 cm³/mol. The zero-order chi connectivity index (χ0) is 11.5. The van der Waals surface area contributed by atoms with Crippen molar-refractivity contribution in [3.63, 3.8) is 0 Å². The first kappa shape index (κ1) is 11.6. The SMILES string of the molecule is NC(=NO)C1CCCN1C(=O)C1CCSC1. The monoisotopic (exact) mass is 243 g/mol. The van der Waals surface area contributed by atoms with Crippen LogP contribution in [0.2, 0.25) is 0 Å². The standard InChI is InChI=1S/C10H17N3O2S/c11-9(12-15)8-2-1-4-13(8)10(14)7-3-5-16-6-7/h7-8,15H,1-6H2,(H2,11,12). The van der Waals surface area contributed by atoms with Gasteiger partial charge in [0.05, 0.1) is 6.04 Å². The van der Waals surface area contributed by atoms with Crippen LogP contribution in [0, 0.1) is 5.92 Å². The molecule has 0 spiro atoms. The minimum absolute atomic E-state index is 0.136. The zero-order valence-electron chi connectivity index (χ0n) is 9.13. The lowest BCUT2D eigenvalue weighted by Crippen LogP contribution is -2.46. The molecular formula is C10H17N3O2S. The van der Waals surface area contributed by atoms with Crippen LogP contribution in [-0.4, -0.2) is 45.9 Å². The summed E-state index contributed by atoms with van der Waals surface area (Å²) in [5.74, 6) is 2.46. The maximum absolute atomic E-state index is 12.2. The summed E-state index contributed by atoms with van der Waals surface area (Å²) in [6.45, 7) is 0.737. The number of amidine groups is 1. The fraction of sp³-hybridized carbons (Fsp3) is 0.800. The molecule has 2 heterocycles. The first-order valence-corrected chi connectivity index (χ1v) is 6.75. The Kier molecular flexibility index (Phi) is 3.58. The molecule has 2 rings (SSSR count). The van der Waals surface area contributed by atoms with Crippen molar-refractivity contribution in [1.82, 2.24) is 4.90 Å². The molecule has 1 amide bonds. The molecule has 0 saturated carbocycles. The number of nitrogens with zero attached hydrogens (tertiary/aromatic N) is 2. The normalized spacial score (nSPS) is 31.0. The molecule has 0 radical (unpaired) electrons. The third kappa shape index (κ3) is 2.11. The van der Waals surface area contributed by atoms with Crippen molar-refractivity contribution >= 4 is 23.5 Å². The van der Waals surface area contributed by atoms with Gasteiger partial charge >= 0.3 is 0 Å². The number of amides is 1. The van der Waals surface area contributed by atoms with Gasteiger partial charge in [-0.25, -0.2) is 0 Å². The second-order valence-corrected chi connectivity index (χ2v) is 5.42. The van der Waals surface area contributed by atoms with E-state index in [1.807, 2.05) is 11.8 Å². The van der Waals surface area contributed by atoms with E-state index in [1.165, 1.54) is 0 Å². The van der Waals surface area contributed by atoms with Gasteiger partial charge in [0.15, 0.2) is 5.84 Å². The van der Waals surface area contributed by atoms with E-state index in [0.717, 1.165) is 37.3 Å². The van der Waals surface area contributed by atoms with Crippen molar-refractivity contribution in [3.05, 3.63) is 0 Å². The average Bonchev–Trinajstić information content (AvgIpc) is 2.97. The van der Waals surface area contributed by atoms with Gasteiger partial charge in [-0.3, -0.25) is 4.79 Å². The summed E-state index contributed by atoms with van der Waals surface area (Å²) in [6.07, 6.45) is 2.71. The maximum Gasteiger partial charge on any atom is 0.227 e. The molecule has 2 unspecified atom stereocenters. The van der Waals surface area contributed by atoms with Crippen molar-refractivity contribution in [3.8, 4) is 0 Å². The second kappa shape index (κ2) is 4.95. The van der Waals surface area contributed by atoms with Crippen molar-refractivity contribution in [2.75, 3.05) is 18.1 Å². The molecule has 6 heteroatoms. The van der Waals surface area contributed by atoms with Crippen LogP contribution in [0.1, 0.15) is 19.3 Å². The summed E-state index contributed by atoms with van der Waals surface area (Å²) in [4.78, 5) is 14.0. The Bertz CT molecular complexity index is 302. The van der Waals surface area contributed by atoms with E-state index in [9.17, 15) is 4.79 Å². The fourth-order valence-corrected chi connectivity index (χ4v) is 3.58. The lowest BCUT2D eigenvalue weighted by Gasteiger charge is -2.26. The molecule has 2 aliphatic rings. The number of carbonyl (C=O) groups is 1. The minimum atomic E-state index is -0.192. The van der Waals surface area contributed by atoms with Gasteiger partial charge in [-0.15, -0.1) is 0 Å². The molecule has 16 heavy (non-hydrogen) atoms. The van der Waals surface area contributed by atoms with Crippen LogP contribution >= 0.6 is 11.8 Å². The number of carbonyl (C=O) groups excluding carboxylic acids is 1. The zero-order valence-corrected chi connectivity index (χ0v) is 9.95. The van der Waals surface area contributed by atoms with Crippen LogP contribution in [0.3, 0.4) is 0 Å². The van der Waals surface area contributed by atoms with Gasteiger partial charge in [0, 0.05) is 18.2 Å². The number of likely N-dealkylation sites (tertiary alicyclic amines) is 1. The molecule has 0 bridgehead atoms. The van der Waals surface area contributed by atoms with E-state index < -0.39 is 0 Å². The van der Waals surface area contributed by atoms with E-state index in [0.29, 0.717) is 0 Å². The Hall–Kier alpha value is -0.910. The fourth-order valence-electron chi connectivity index (χ4n) is 2.37. The lowest BCUT2D eigenvalue weighted by atomic mass is 10.1. The number of oxime groups is 1. The Morgan fingerprint density at radius 3 is 2.94 bits per heavy atom. The summed E-state index contributed by atoms with van der Waals surface area (Å²) in [6, 6.07) is -0.192. The summed E-state index contributed by atoms with van der Waals surface area (Å²) < 4.78 is 0. The molecule has 2 saturated heterocycles. The molecular weight excluding hydrogens is 226 g/mol. The molecule has 2 aliphatic heterocycles. The predicted octanol–water partition coefficient (Wildman–Crippen LogP) is 0.477. The van der Waals surface area contributed by atoms with Crippen molar-refractivity contribution < 1.29 is 10.0 Å². The molecule has 0 aromatic carbocycles. The third-order valence-corrected chi connectivity index (χ3v) is 4.43. The number of rotatable bonds is 2. The average molecular weight is 243 g/mol. The molecule has 2 fully saturated rings. The number of nitrogens with two attached hydrogens (primary N) is 1. The number of hydrogen-bond acceptors (Lipinski definition) is 4. The quantitative estimate of drug-likeness (QED) is 0.320. The van der Waals surface area contributed by atoms with Gasteiger partial charge < -0.3 is 15.8 Å². The summed E-state index contributed by atoms with van der Waals surface area (Å²) in [5.41, 5.74) is 5.61. The summed E-state index contributed by atoms with van der Waals surface area (Å²) >= 11 is 1.83. The largest absolute Gasteiger partial charge is 0.409 e. The van der Waals surface area contributed by atoms with Crippen LogP contribution in [0.5, 0.6) is 0 Å². The van der Waals surface area contributed by atoms with Gasteiger partial charge in [-0.1, -0.05) is 5.16 Å². The molecule has 0 aromatic heterocycles. The lowest BCUT2D eigenvalue weighted by molar-refractivity contribution is -0.134. The Morgan fingerprint density at radius 2 is 2.31 bits per heavy atom. The van der Waals surface area contributed by atoms with Crippen LogP contribution in [0.15, 0.2) is 5.16 Å². The maximum atomic E-state index is 12.2. The van der Waals surface area contributed by atoms with Crippen molar-refractivity contribution in [2.45, 2.75) is 25.3 Å². The topological polar surface area (TPSA) is 78.9 Å². The van der Waals surface area contributed by atoms with Gasteiger partial charge in [-0.05, 0) is 25.0 Å². The first-order valence-electron chi connectivity index (χ1n) is 5.59. The van der Waals surface area contributed by atoms with Gasteiger partial charge in [0.1, 0.15) is 0 Å². The summed E-state index contributed by atoms with van der Waals surface area (Å²) in [7, 11) is 0. The summed E-state index contributed by atoms with van der Waals surface area (Å²) in [5, 5.41) is 11.7. The van der Waals surface area contributed by atoms with E-state index in [1.54, 1.807) is 4.90 Å². The van der Waals surface area contributed by atoms with Crippen molar-refractivity contribution in [1.29, 1.82) is 0 Å². The van der Waals surface area contributed by atoms with Crippen LogP contribution in [-0.2, 0) is 4.79 Å². The molecule has 0 aromatic rings. The molecule has 0 aliphatic carbocycles. The van der Waals surface area contributed by atoms with Gasteiger partial charge in [-0.2, -0.15) is 11.8 Å². The third-order valence-electron chi connectivity index (χ3n) is 3.27. The highest BCUT2D eigenvalue weighted by molar-refractivity contribution is 7.99. The van der Waals surface area contributed by atoms with Gasteiger partial charge in [0.2, 0.25) is 5.91 Å². The van der Waals surface area contributed by atoms with Crippen LogP contribution in [0.25, 0.3) is 0 Å². The Labute approximate surface area is 99.0 Å². The van der Waals surface area contributed by atoms with Crippen molar-refractivity contribution in [2.24, 2.45) is 16.8 Å². The highest BCUT2D eigenvalue weighted by Gasteiger charge is 2.36. The molecule has 90 valence electrons. The van der Waals surface area contributed by atoms with Crippen LogP contribution in [0.4, 0.5) is 0 Å².